The van der Waals surface area contributed by atoms with E-state index in [0.29, 0.717) is 23.9 Å². The average Bonchev–Trinajstić information content (AvgIpc) is 2.66. The largest absolute Gasteiger partial charge is 0.496 e. The number of nitrogens with zero attached hydrogens (tertiary/aromatic N) is 2. The third-order valence-electron chi connectivity index (χ3n) is 3.99. The number of carbonyl (C=O) groups is 1. The predicted molar refractivity (Wildman–Crippen MR) is 105 cm³/mol. The molecule has 0 aliphatic heterocycles. The molecule has 3 aromatic rings. The Morgan fingerprint density at radius 1 is 1.04 bits per heavy atom. The molecule has 6 nitrogen and oxygen atoms in total. The summed E-state index contributed by atoms with van der Waals surface area (Å²) in [5.74, 6) is 0.861. The number of methoxy groups -OCH3 is 1. The van der Waals surface area contributed by atoms with Crippen molar-refractivity contribution in [2.75, 3.05) is 12.4 Å². The molecule has 0 unspecified atom stereocenters. The fourth-order valence-electron chi connectivity index (χ4n) is 2.71. The Hall–Kier alpha value is -3.41. The molecule has 0 spiro atoms. The highest BCUT2D eigenvalue weighted by atomic mass is 16.5. The summed E-state index contributed by atoms with van der Waals surface area (Å²) in [6, 6.07) is 17.1. The van der Waals surface area contributed by atoms with E-state index in [0.717, 1.165) is 22.6 Å². The predicted octanol–water partition coefficient (Wildman–Crippen LogP) is 3.78. The van der Waals surface area contributed by atoms with Crippen LogP contribution < -0.4 is 15.4 Å². The highest BCUT2D eigenvalue weighted by molar-refractivity contribution is 5.92. The number of rotatable bonds is 6. The van der Waals surface area contributed by atoms with Crippen molar-refractivity contribution in [3.63, 3.8) is 0 Å². The van der Waals surface area contributed by atoms with E-state index in [4.69, 9.17) is 4.74 Å². The van der Waals surface area contributed by atoms with Crippen molar-refractivity contribution in [1.82, 2.24) is 15.3 Å². The van der Waals surface area contributed by atoms with Crippen molar-refractivity contribution in [2.45, 2.75) is 20.4 Å². The minimum absolute atomic E-state index is 0.265. The number of aromatic nitrogens is 2. The third-order valence-corrected chi connectivity index (χ3v) is 3.99. The first kappa shape index (κ1) is 18.4. The molecule has 0 radical (unpaired) electrons. The van der Waals surface area contributed by atoms with Gasteiger partial charge in [0.1, 0.15) is 11.4 Å². The van der Waals surface area contributed by atoms with Crippen molar-refractivity contribution >= 4 is 17.5 Å². The van der Waals surface area contributed by atoms with Gasteiger partial charge in [0.05, 0.1) is 7.11 Å². The lowest BCUT2D eigenvalue weighted by atomic mass is 10.2. The minimum Gasteiger partial charge on any atom is -0.496 e. The molecular weight excluding hydrogens is 340 g/mol. The van der Waals surface area contributed by atoms with Crippen LogP contribution >= 0.6 is 0 Å². The van der Waals surface area contributed by atoms with Gasteiger partial charge in [-0.1, -0.05) is 30.3 Å². The molecule has 0 saturated heterocycles. The highest BCUT2D eigenvalue weighted by Crippen LogP contribution is 2.18. The molecule has 6 heteroatoms. The van der Waals surface area contributed by atoms with Crippen LogP contribution in [0.25, 0.3) is 0 Å². The van der Waals surface area contributed by atoms with E-state index < -0.39 is 0 Å². The van der Waals surface area contributed by atoms with Gasteiger partial charge in [0.25, 0.3) is 5.91 Å². The van der Waals surface area contributed by atoms with Crippen LogP contribution in [0.15, 0.2) is 54.6 Å². The molecule has 0 saturated carbocycles. The van der Waals surface area contributed by atoms with Crippen molar-refractivity contribution in [3.05, 3.63) is 77.1 Å². The fraction of sp³-hybridized carbons (Fsp3) is 0.190. The monoisotopic (exact) mass is 362 g/mol. The van der Waals surface area contributed by atoms with Gasteiger partial charge in [0.2, 0.25) is 5.95 Å². The number of aryl methyl sites for hydroxylation is 2. The molecule has 0 bridgehead atoms. The number of hydrogen-bond acceptors (Lipinski definition) is 5. The topological polar surface area (TPSA) is 76.1 Å². The standard InChI is InChI=1S/C21H22N4O2/c1-14-7-6-9-17(11-14)24-21-23-15(2)12-18(25-21)20(26)22-13-16-8-4-5-10-19(16)27-3/h4-12H,13H2,1-3H3,(H,22,26)(H,23,24,25). The van der Waals surface area contributed by atoms with Gasteiger partial charge < -0.3 is 15.4 Å². The Balaban J connectivity index is 1.74. The van der Waals surface area contributed by atoms with Gasteiger partial charge in [-0.3, -0.25) is 4.79 Å². The molecular formula is C21H22N4O2. The second-order valence-electron chi connectivity index (χ2n) is 6.21. The van der Waals surface area contributed by atoms with E-state index in [-0.39, 0.29) is 5.91 Å². The SMILES string of the molecule is COc1ccccc1CNC(=O)c1cc(C)nc(Nc2cccc(C)c2)n1. The summed E-state index contributed by atoms with van der Waals surface area (Å²) in [4.78, 5) is 21.3. The summed E-state index contributed by atoms with van der Waals surface area (Å²) < 4.78 is 5.31. The molecule has 27 heavy (non-hydrogen) atoms. The number of nitrogens with one attached hydrogen (secondary N) is 2. The summed E-state index contributed by atoms with van der Waals surface area (Å²) >= 11 is 0. The molecule has 1 amide bonds. The van der Waals surface area contributed by atoms with E-state index in [1.165, 1.54) is 0 Å². The van der Waals surface area contributed by atoms with Crippen molar-refractivity contribution in [1.29, 1.82) is 0 Å². The molecule has 0 aliphatic rings. The molecule has 0 fully saturated rings. The fourth-order valence-corrected chi connectivity index (χ4v) is 2.71. The summed E-state index contributed by atoms with van der Waals surface area (Å²) in [6.45, 7) is 4.20. The van der Waals surface area contributed by atoms with E-state index in [1.54, 1.807) is 13.2 Å². The normalized spacial score (nSPS) is 10.3. The number of hydrogen-bond donors (Lipinski definition) is 2. The number of carbonyl (C=O) groups excluding carboxylic acids is 1. The Morgan fingerprint density at radius 3 is 2.63 bits per heavy atom. The summed E-state index contributed by atoms with van der Waals surface area (Å²) in [5.41, 5.74) is 3.93. The lowest BCUT2D eigenvalue weighted by Crippen LogP contribution is -2.24. The van der Waals surface area contributed by atoms with E-state index >= 15 is 0 Å². The van der Waals surface area contributed by atoms with Crippen LogP contribution in [0.3, 0.4) is 0 Å². The van der Waals surface area contributed by atoms with Crippen LogP contribution in [0, 0.1) is 13.8 Å². The zero-order valence-corrected chi connectivity index (χ0v) is 15.6. The van der Waals surface area contributed by atoms with Crippen molar-refractivity contribution in [3.8, 4) is 5.75 Å². The first-order valence-electron chi connectivity index (χ1n) is 8.64. The second-order valence-corrected chi connectivity index (χ2v) is 6.21. The zero-order chi connectivity index (χ0) is 19.2. The summed E-state index contributed by atoms with van der Waals surface area (Å²) in [5, 5.41) is 6.03. The van der Waals surface area contributed by atoms with E-state index in [2.05, 4.69) is 20.6 Å². The summed E-state index contributed by atoms with van der Waals surface area (Å²) in [7, 11) is 1.61. The maximum Gasteiger partial charge on any atom is 0.270 e. The molecule has 2 N–H and O–H groups in total. The zero-order valence-electron chi connectivity index (χ0n) is 15.6. The Morgan fingerprint density at radius 2 is 1.85 bits per heavy atom. The quantitative estimate of drug-likeness (QED) is 0.698. The number of benzene rings is 2. The van der Waals surface area contributed by atoms with Crippen LogP contribution in [-0.4, -0.2) is 23.0 Å². The van der Waals surface area contributed by atoms with E-state index in [9.17, 15) is 4.79 Å². The number of amides is 1. The van der Waals surface area contributed by atoms with Gasteiger partial charge in [-0.2, -0.15) is 0 Å². The number of para-hydroxylation sites is 1. The highest BCUT2D eigenvalue weighted by Gasteiger charge is 2.12. The van der Waals surface area contributed by atoms with Gasteiger partial charge >= 0.3 is 0 Å². The Bertz CT molecular complexity index is 956. The number of anilines is 2. The first-order valence-corrected chi connectivity index (χ1v) is 8.64. The van der Waals surface area contributed by atoms with Gasteiger partial charge in [0.15, 0.2) is 0 Å². The summed E-state index contributed by atoms with van der Waals surface area (Å²) in [6.07, 6.45) is 0. The Labute approximate surface area is 158 Å². The van der Waals surface area contributed by atoms with Gasteiger partial charge in [-0.15, -0.1) is 0 Å². The molecule has 1 heterocycles. The van der Waals surface area contributed by atoms with Crippen LogP contribution in [-0.2, 0) is 6.54 Å². The van der Waals surface area contributed by atoms with Crippen molar-refractivity contribution in [2.24, 2.45) is 0 Å². The van der Waals surface area contributed by atoms with Gasteiger partial charge in [-0.05, 0) is 43.7 Å². The van der Waals surface area contributed by atoms with Crippen LogP contribution in [0.1, 0.15) is 27.3 Å². The molecule has 0 atom stereocenters. The van der Waals surface area contributed by atoms with Gasteiger partial charge in [-0.25, -0.2) is 9.97 Å². The van der Waals surface area contributed by atoms with Crippen molar-refractivity contribution < 1.29 is 9.53 Å². The lowest BCUT2D eigenvalue weighted by molar-refractivity contribution is 0.0945. The van der Waals surface area contributed by atoms with E-state index in [1.807, 2.05) is 62.4 Å². The van der Waals surface area contributed by atoms with Crippen LogP contribution in [0.5, 0.6) is 5.75 Å². The van der Waals surface area contributed by atoms with Crippen LogP contribution in [0.4, 0.5) is 11.6 Å². The maximum absolute atomic E-state index is 12.6. The lowest BCUT2D eigenvalue weighted by Gasteiger charge is -2.11. The number of ether oxygens (including phenoxy) is 1. The smallest absolute Gasteiger partial charge is 0.270 e. The molecule has 2 aromatic carbocycles. The average molecular weight is 362 g/mol. The molecule has 3 rings (SSSR count). The Kier molecular flexibility index (Phi) is 5.66. The molecule has 1 aromatic heterocycles. The third kappa shape index (κ3) is 4.82. The van der Waals surface area contributed by atoms with Gasteiger partial charge in [0, 0.05) is 23.5 Å². The molecule has 138 valence electrons. The first-order chi connectivity index (χ1) is 13.0. The minimum atomic E-state index is -0.265. The van der Waals surface area contributed by atoms with Crippen LogP contribution in [0.2, 0.25) is 0 Å². The molecule has 0 aliphatic carbocycles. The maximum atomic E-state index is 12.6. The second kappa shape index (κ2) is 8.31.